The topological polar surface area (TPSA) is 84.3 Å². The summed E-state index contributed by atoms with van der Waals surface area (Å²) in [4.78, 5) is 17.1. The Morgan fingerprint density at radius 1 is 1.20 bits per heavy atom. The minimum Gasteiger partial charge on any atom is -0.356 e. The van der Waals surface area contributed by atoms with Crippen LogP contribution in [0.25, 0.3) is 11.0 Å². The van der Waals surface area contributed by atoms with Gasteiger partial charge in [-0.2, -0.15) is 4.31 Å². The molecule has 0 aliphatic carbocycles. The Morgan fingerprint density at radius 3 is 2.70 bits per heavy atom. The van der Waals surface area contributed by atoms with Crippen LogP contribution in [-0.4, -0.2) is 47.8 Å². The second-order valence-electron chi connectivity index (χ2n) is 7.55. The summed E-state index contributed by atoms with van der Waals surface area (Å²) >= 11 is 1.23. The first-order valence-electron chi connectivity index (χ1n) is 10.2. The van der Waals surface area contributed by atoms with Crippen LogP contribution in [-0.2, 0) is 21.4 Å². The van der Waals surface area contributed by atoms with E-state index in [1.165, 1.54) is 15.6 Å². The molecule has 1 aliphatic heterocycles. The number of nitrogens with one attached hydrogen (secondary N) is 1. The molecule has 0 atom stereocenters. The lowest BCUT2D eigenvalue weighted by atomic mass is 9.97. The van der Waals surface area contributed by atoms with E-state index in [1.807, 2.05) is 25.1 Å². The quantitative estimate of drug-likeness (QED) is 0.566. The van der Waals surface area contributed by atoms with Gasteiger partial charge in [0, 0.05) is 32.1 Å². The first-order valence-corrected chi connectivity index (χ1v) is 12.5. The molecule has 1 aliphatic rings. The number of nitrogens with zero attached hydrogens (tertiary/aromatic N) is 3. The SMILES string of the molecule is Cc1nc2ccccc2n1CCCNC(=O)C1CCN(S(=O)(=O)c2cccs2)CC1. The summed E-state index contributed by atoms with van der Waals surface area (Å²) in [7, 11) is -3.42. The van der Waals surface area contributed by atoms with Crippen LogP contribution in [0.15, 0.2) is 46.0 Å². The first-order chi connectivity index (χ1) is 14.5. The minimum atomic E-state index is -3.42. The molecule has 0 saturated carbocycles. The fraction of sp³-hybridized carbons (Fsp3) is 0.429. The predicted octanol–water partition coefficient (Wildman–Crippen LogP) is 3.01. The maximum atomic E-state index is 12.6. The predicted molar refractivity (Wildman–Crippen MR) is 118 cm³/mol. The van der Waals surface area contributed by atoms with Gasteiger partial charge in [0.15, 0.2) is 0 Å². The molecule has 2 aromatic heterocycles. The number of rotatable bonds is 7. The standard InChI is InChI=1S/C21H26N4O3S2/c1-16-23-18-6-2-3-7-19(18)25(16)12-5-11-22-21(26)17-9-13-24(14-10-17)30(27,28)20-8-4-15-29-20/h2-4,6-8,15,17H,5,9-14H2,1H3,(H,22,26). The molecule has 9 heteroatoms. The van der Waals surface area contributed by atoms with Crippen molar-refractivity contribution < 1.29 is 13.2 Å². The van der Waals surface area contributed by atoms with Gasteiger partial charge in [-0.1, -0.05) is 18.2 Å². The molecule has 1 N–H and O–H groups in total. The van der Waals surface area contributed by atoms with Crippen LogP contribution in [0.2, 0.25) is 0 Å². The largest absolute Gasteiger partial charge is 0.356 e. The molecule has 3 heterocycles. The Bertz CT molecular complexity index is 1110. The normalized spacial score (nSPS) is 16.2. The first kappa shape index (κ1) is 21.0. The lowest BCUT2D eigenvalue weighted by Gasteiger charge is -2.30. The Morgan fingerprint density at radius 2 is 1.97 bits per heavy atom. The van der Waals surface area contributed by atoms with Crippen molar-refractivity contribution in [3.8, 4) is 0 Å². The summed E-state index contributed by atoms with van der Waals surface area (Å²) < 4.78 is 29.2. The molecule has 7 nitrogen and oxygen atoms in total. The Balaban J connectivity index is 1.24. The Labute approximate surface area is 180 Å². The molecule has 1 amide bonds. The van der Waals surface area contributed by atoms with Gasteiger partial charge in [-0.3, -0.25) is 4.79 Å². The van der Waals surface area contributed by atoms with Crippen molar-refractivity contribution in [3.63, 3.8) is 0 Å². The average Bonchev–Trinajstić information content (AvgIpc) is 3.40. The van der Waals surface area contributed by atoms with Gasteiger partial charge in [-0.25, -0.2) is 13.4 Å². The number of hydrogen-bond acceptors (Lipinski definition) is 5. The van der Waals surface area contributed by atoms with E-state index < -0.39 is 10.0 Å². The van der Waals surface area contributed by atoms with E-state index in [2.05, 4.69) is 20.9 Å². The van der Waals surface area contributed by atoms with Gasteiger partial charge in [0.05, 0.1) is 11.0 Å². The summed E-state index contributed by atoms with van der Waals surface area (Å²) in [5.41, 5.74) is 2.10. The highest BCUT2D eigenvalue weighted by atomic mass is 32.2. The van der Waals surface area contributed by atoms with Crippen LogP contribution < -0.4 is 5.32 Å². The minimum absolute atomic E-state index is 0.0235. The number of aromatic nitrogens is 2. The molecule has 3 aromatic rings. The number of piperidine rings is 1. The highest BCUT2D eigenvalue weighted by Gasteiger charge is 2.32. The van der Waals surface area contributed by atoms with Crippen molar-refractivity contribution in [1.29, 1.82) is 0 Å². The van der Waals surface area contributed by atoms with Crippen LogP contribution in [0, 0.1) is 12.8 Å². The number of carbonyl (C=O) groups excluding carboxylic acids is 1. The molecule has 0 unspecified atom stereocenters. The van der Waals surface area contributed by atoms with Gasteiger partial charge in [0.25, 0.3) is 10.0 Å². The Kier molecular flexibility index (Phi) is 6.21. The van der Waals surface area contributed by atoms with Gasteiger partial charge in [0.2, 0.25) is 5.91 Å². The monoisotopic (exact) mass is 446 g/mol. The summed E-state index contributed by atoms with van der Waals surface area (Å²) in [6.07, 6.45) is 1.93. The van der Waals surface area contributed by atoms with E-state index in [9.17, 15) is 13.2 Å². The van der Waals surface area contributed by atoms with E-state index >= 15 is 0 Å². The third-order valence-electron chi connectivity index (χ3n) is 5.62. The van der Waals surface area contributed by atoms with E-state index in [0.717, 1.165) is 29.8 Å². The van der Waals surface area contributed by atoms with Gasteiger partial charge >= 0.3 is 0 Å². The number of para-hydroxylation sites is 2. The lowest BCUT2D eigenvalue weighted by molar-refractivity contribution is -0.126. The molecule has 1 saturated heterocycles. The molecular weight excluding hydrogens is 420 g/mol. The molecule has 160 valence electrons. The van der Waals surface area contributed by atoms with Gasteiger partial charge in [-0.15, -0.1) is 11.3 Å². The van der Waals surface area contributed by atoms with Crippen molar-refractivity contribution in [2.75, 3.05) is 19.6 Å². The van der Waals surface area contributed by atoms with E-state index in [4.69, 9.17) is 0 Å². The zero-order valence-corrected chi connectivity index (χ0v) is 18.6. The van der Waals surface area contributed by atoms with Crippen LogP contribution >= 0.6 is 11.3 Å². The summed E-state index contributed by atoms with van der Waals surface area (Å²) in [6.45, 7) is 4.16. The Hall–Kier alpha value is -2.23. The molecule has 30 heavy (non-hydrogen) atoms. The van der Waals surface area contributed by atoms with E-state index in [1.54, 1.807) is 17.5 Å². The number of fused-ring (bicyclic) bond motifs is 1. The summed E-state index contributed by atoms with van der Waals surface area (Å²) in [5, 5.41) is 4.79. The van der Waals surface area contributed by atoms with E-state index in [-0.39, 0.29) is 11.8 Å². The maximum absolute atomic E-state index is 12.6. The summed E-state index contributed by atoms with van der Waals surface area (Å²) in [5.74, 6) is 0.868. The number of benzene rings is 1. The molecule has 1 aromatic carbocycles. The number of sulfonamides is 1. The van der Waals surface area contributed by atoms with Crippen molar-refractivity contribution >= 4 is 38.3 Å². The number of hydrogen-bond donors (Lipinski definition) is 1. The average molecular weight is 447 g/mol. The fourth-order valence-corrected chi connectivity index (χ4v) is 6.58. The van der Waals surface area contributed by atoms with Crippen molar-refractivity contribution in [3.05, 3.63) is 47.6 Å². The number of imidazole rings is 1. The van der Waals surface area contributed by atoms with E-state index in [0.29, 0.717) is 36.7 Å². The van der Waals surface area contributed by atoms with Crippen molar-refractivity contribution in [1.82, 2.24) is 19.2 Å². The second kappa shape index (κ2) is 8.87. The third-order valence-corrected chi connectivity index (χ3v) is 8.89. The van der Waals surface area contributed by atoms with Gasteiger partial charge in [0.1, 0.15) is 10.0 Å². The number of amides is 1. The van der Waals surface area contributed by atoms with Crippen molar-refractivity contribution in [2.24, 2.45) is 5.92 Å². The fourth-order valence-electron chi connectivity index (χ4n) is 3.97. The highest BCUT2D eigenvalue weighted by molar-refractivity contribution is 7.91. The van der Waals surface area contributed by atoms with Crippen LogP contribution in [0.1, 0.15) is 25.1 Å². The van der Waals surface area contributed by atoms with Crippen LogP contribution in [0.5, 0.6) is 0 Å². The van der Waals surface area contributed by atoms with Crippen LogP contribution in [0.4, 0.5) is 0 Å². The smallest absolute Gasteiger partial charge is 0.252 e. The molecule has 4 rings (SSSR count). The second-order valence-corrected chi connectivity index (χ2v) is 10.7. The maximum Gasteiger partial charge on any atom is 0.252 e. The van der Waals surface area contributed by atoms with Crippen LogP contribution in [0.3, 0.4) is 0 Å². The van der Waals surface area contributed by atoms with Gasteiger partial charge in [-0.05, 0) is 49.8 Å². The summed E-state index contributed by atoms with van der Waals surface area (Å²) in [6, 6.07) is 11.4. The molecule has 0 spiro atoms. The number of aryl methyl sites for hydroxylation is 2. The van der Waals surface area contributed by atoms with Crippen molar-refractivity contribution in [2.45, 2.75) is 36.9 Å². The number of carbonyl (C=O) groups is 1. The zero-order chi connectivity index (χ0) is 21.1. The molecule has 1 fully saturated rings. The molecular formula is C21H26N4O3S2. The zero-order valence-electron chi connectivity index (χ0n) is 17.0. The molecule has 0 bridgehead atoms. The number of thiophene rings is 1. The lowest BCUT2D eigenvalue weighted by Crippen LogP contribution is -2.43. The molecule has 0 radical (unpaired) electrons. The third kappa shape index (κ3) is 4.28. The highest BCUT2D eigenvalue weighted by Crippen LogP contribution is 2.26. The van der Waals surface area contributed by atoms with Gasteiger partial charge < -0.3 is 9.88 Å².